The summed E-state index contributed by atoms with van der Waals surface area (Å²) in [4.78, 5) is 24.6. The third-order valence-corrected chi connectivity index (χ3v) is 14.3. The Morgan fingerprint density at radius 3 is 0.833 bits per heavy atom. The molecule has 1 atom stereocenters. The number of hydrogen-bond donors (Lipinski definition) is 1. The summed E-state index contributed by atoms with van der Waals surface area (Å²) in [6, 6.07) is 0. The standard InChI is InChI=1S/C67H122O5/c1-3-5-7-9-11-13-15-17-19-21-23-25-27-28-29-30-31-32-33-34-35-36-37-38-40-41-43-45-47-49-51-53-55-57-59-61-66(69)71-64-65(63-68)72-67(70)62-60-58-56-54-52-50-48-46-44-42-39-26-24-22-20-18-16-14-12-10-8-6-4-2/h15-18,21-24,39,42,65,68H,3-14,19-20,25-38,40-41,43-64H2,1-2H3/b17-15-,18-16-,23-21-,24-22-,42-39-. The van der Waals surface area contributed by atoms with Crippen molar-refractivity contribution >= 4 is 11.9 Å². The Bertz CT molecular complexity index is 1230. The van der Waals surface area contributed by atoms with E-state index in [9.17, 15) is 14.7 Å². The van der Waals surface area contributed by atoms with Crippen LogP contribution in [-0.2, 0) is 19.1 Å². The van der Waals surface area contributed by atoms with Crippen molar-refractivity contribution in [2.24, 2.45) is 0 Å². The van der Waals surface area contributed by atoms with Gasteiger partial charge in [-0.2, -0.15) is 0 Å². The molecule has 0 aliphatic heterocycles. The Hall–Kier alpha value is -2.40. The number of rotatable bonds is 59. The van der Waals surface area contributed by atoms with Gasteiger partial charge in [-0.3, -0.25) is 9.59 Å². The van der Waals surface area contributed by atoms with Gasteiger partial charge in [0.25, 0.3) is 0 Å². The maximum atomic E-state index is 12.3. The maximum Gasteiger partial charge on any atom is 0.306 e. The van der Waals surface area contributed by atoms with Gasteiger partial charge in [-0.15, -0.1) is 0 Å². The minimum atomic E-state index is -0.777. The van der Waals surface area contributed by atoms with Gasteiger partial charge in [0, 0.05) is 12.8 Å². The van der Waals surface area contributed by atoms with Crippen molar-refractivity contribution in [1.29, 1.82) is 0 Å². The lowest BCUT2D eigenvalue weighted by molar-refractivity contribution is -0.161. The summed E-state index contributed by atoms with van der Waals surface area (Å²) >= 11 is 0. The molecule has 0 radical (unpaired) electrons. The third kappa shape index (κ3) is 60.2. The number of hydrogen-bond acceptors (Lipinski definition) is 5. The molecule has 5 heteroatoms. The number of carbonyl (C=O) groups is 2. The van der Waals surface area contributed by atoms with Crippen LogP contribution in [0.25, 0.3) is 0 Å². The molecule has 420 valence electrons. The third-order valence-electron chi connectivity index (χ3n) is 14.3. The number of aliphatic hydroxyl groups excluding tert-OH is 1. The molecule has 72 heavy (non-hydrogen) atoms. The zero-order valence-electron chi connectivity index (χ0n) is 48.2. The molecule has 0 heterocycles. The minimum absolute atomic E-state index is 0.0668. The molecule has 1 unspecified atom stereocenters. The molecule has 0 aromatic carbocycles. The van der Waals surface area contributed by atoms with E-state index >= 15 is 0 Å². The summed E-state index contributed by atoms with van der Waals surface area (Å²) in [6.45, 7) is 4.15. The van der Waals surface area contributed by atoms with Crippen molar-refractivity contribution in [3.05, 3.63) is 60.8 Å². The van der Waals surface area contributed by atoms with Crippen molar-refractivity contribution in [2.45, 2.75) is 341 Å². The predicted octanol–water partition coefficient (Wildman–Crippen LogP) is 21.8. The van der Waals surface area contributed by atoms with E-state index in [-0.39, 0.29) is 25.2 Å². The molecular weight excluding hydrogens is 885 g/mol. The second-order valence-corrected chi connectivity index (χ2v) is 21.5. The van der Waals surface area contributed by atoms with Crippen LogP contribution in [0.15, 0.2) is 60.8 Å². The predicted molar refractivity (Wildman–Crippen MR) is 316 cm³/mol. The lowest BCUT2D eigenvalue weighted by Crippen LogP contribution is -2.28. The first-order valence-corrected chi connectivity index (χ1v) is 31.8. The van der Waals surface area contributed by atoms with Crippen molar-refractivity contribution in [2.75, 3.05) is 13.2 Å². The Balaban J connectivity index is 3.43. The highest BCUT2D eigenvalue weighted by Crippen LogP contribution is 2.17. The van der Waals surface area contributed by atoms with Gasteiger partial charge in [-0.25, -0.2) is 0 Å². The van der Waals surface area contributed by atoms with Gasteiger partial charge < -0.3 is 14.6 Å². The maximum absolute atomic E-state index is 12.3. The molecule has 0 aromatic heterocycles. The van der Waals surface area contributed by atoms with Crippen LogP contribution in [0.4, 0.5) is 0 Å². The molecule has 0 rings (SSSR count). The summed E-state index contributed by atoms with van der Waals surface area (Å²) in [5.41, 5.74) is 0. The average Bonchev–Trinajstić information content (AvgIpc) is 3.38. The Morgan fingerprint density at radius 2 is 0.556 bits per heavy atom. The van der Waals surface area contributed by atoms with Crippen molar-refractivity contribution in [1.82, 2.24) is 0 Å². The van der Waals surface area contributed by atoms with Gasteiger partial charge in [0.2, 0.25) is 0 Å². The quantitative estimate of drug-likeness (QED) is 0.0373. The second kappa shape index (κ2) is 62.9. The van der Waals surface area contributed by atoms with Crippen molar-refractivity contribution in [3.63, 3.8) is 0 Å². The number of aliphatic hydroxyl groups is 1. The Labute approximate surface area is 449 Å². The highest BCUT2D eigenvalue weighted by atomic mass is 16.6. The normalized spacial score (nSPS) is 12.5. The molecule has 5 nitrogen and oxygen atoms in total. The van der Waals surface area contributed by atoms with Crippen LogP contribution in [0.1, 0.15) is 335 Å². The van der Waals surface area contributed by atoms with Crippen LogP contribution in [0.2, 0.25) is 0 Å². The van der Waals surface area contributed by atoms with E-state index in [4.69, 9.17) is 9.47 Å². The van der Waals surface area contributed by atoms with E-state index < -0.39 is 6.10 Å². The topological polar surface area (TPSA) is 72.8 Å². The minimum Gasteiger partial charge on any atom is -0.462 e. The number of unbranched alkanes of at least 4 members (excludes halogenated alkanes) is 41. The molecule has 1 N–H and O–H groups in total. The van der Waals surface area contributed by atoms with Crippen LogP contribution < -0.4 is 0 Å². The molecule has 0 saturated carbocycles. The van der Waals surface area contributed by atoms with Gasteiger partial charge >= 0.3 is 11.9 Å². The van der Waals surface area contributed by atoms with E-state index in [1.165, 1.54) is 250 Å². The molecule has 0 fully saturated rings. The summed E-state index contributed by atoms with van der Waals surface area (Å²) < 4.78 is 10.7. The molecule has 0 bridgehead atoms. The monoisotopic (exact) mass is 1010 g/mol. The summed E-state index contributed by atoms with van der Waals surface area (Å²) in [5.74, 6) is -0.585. The van der Waals surface area contributed by atoms with E-state index in [1.807, 2.05) is 0 Å². The zero-order chi connectivity index (χ0) is 52.0. The lowest BCUT2D eigenvalue weighted by Gasteiger charge is -2.15. The van der Waals surface area contributed by atoms with E-state index in [0.29, 0.717) is 12.8 Å². The van der Waals surface area contributed by atoms with Gasteiger partial charge in [0.05, 0.1) is 6.61 Å². The first-order chi connectivity index (χ1) is 35.6. The highest BCUT2D eigenvalue weighted by Gasteiger charge is 2.16. The fourth-order valence-corrected chi connectivity index (χ4v) is 9.48. The largest absolute Gasteiger partial charge is 0.462 e. The van der Waals surface area contributed by atoms with E-state index in [0.717, 1.165) is 57.8 Å². The average molecular weight is 1010 g/mol. The summed E-state index contributed by atoms with van der Waals surface area (Å²) in [7, 11) is 0. The Kier molecular flexibility index (Phi) is 60.8. The fraction of sp³-hybridized carbons (Fsp3) is 0.821. The zero-order valence-corrected chi connectivity index (χ0v) is 48.2. The van der Waals surface area contributed by atoms with Crippen LogP contribution >= 0.6 is 0 Å². The van der Waals surface area contributed by atoms with Crippen LogP contribution in [0, 0.1) is 0 Å². The van der Waals surface area contributed by atoms with Gasteiger partial charge in [-0.05, 0) is 83.5 Å². The van der Waals surface area contributed by atoms with E-state index in [2.05, 4.69) is 74.6 Å². The van der Waals surface area contributed by atoms with Gasteiger partial charge in [0.15, 0.2) is 6.10 Å². The molecule has 0 aromatic rings. The van der Waals surface area contributed by atoms with Crippen LogP contribution in [0.3, 0.4) is 0 Å². The van der Waals surface area contributed by atoms with Crippen molar-refractivity contribution in [3.8, 4) is 0 Å². The fourth-order valence-electron chi connectivity index (χ4n) is 9.48. The van der Waals surface area contributed by atoms with Crippen LogP contribution in [-0.4, -0.2) is 36.4 Å². The molecule has 0 spiro atoms. The molecular formula is C67H122O5. The van der Waals surface area contributed by atoms with Crippen LogP contribution in [0.5, 0.6) is 0 Å². The number of esters is 2. The SMILES string of the molecule is CCCCCCC/C=C\C/C=C\C/C=C\CCCCCCCCCCC(=O)OC(CO)COC(=O)CCCCCCCCCCCCCCCCCCCCCCCCC/C=C\C/C=C\CCCCCCC. The number of ether oxygens (including phenoxy) is 2. The number of allylic oxidation sites excluding steroid dienone is 10. The van der Waals surface area contributed by atoms with E-state index in [1.54, 1.807) is 0 Å². The molecule has 0 saturated heterocycles. The summed E-state index contributed by atoms with van der Waals surface area (Å²) in [5, 5.41) is 9.67. The molecule has 0 aliphatic rings. The highest BCUT2D eigenvalue weighted by molar-refractivity contribution is 5.70. The smallest absolute Gasteiger partial charge is 0.306 e. The van der Waals surface area contributed by atoms with Crippen molar-refractivity contribution < 1.29 is 24.2 Å². The molecule has 0 amide bonds. The second-order valence-electron chi connectivity index (χ2n) is 21.5. The first-order valence-electron chi connectivity index (χ1n) is 31.8. The lowest BCUT2D eigenvalue weighted by atomic mass is 10.0. The van der Waals surface area contributed by atoms with Gasteiger partial charge in [-0.1, -0.05) is 299 Å². The molecule has 0 aliphatic carbocycles. The number of carbonyl (C=O) groups excluding carboxylic acids is 2. The summed E-state index contributed by atoms with van der Waals surface area (Å²) in [6.07, 6.45) is 85.1. The Morgan fingerprint density at radius 1 is 0.319 bits per heavy atom. The first kappa shape index (κ1) is 69.6. The van der Waals surface area contributed by atoms with Gasteiger partial charge in [0.1, 0.15) is 6.61 Å².